The number of benzene rings is 1. The standard InChI is InChI=1S/C20H25ClN4O2S/c1-3-11-28-20-24-13-16(21)18(25-20)19(27)22-10-4-5-17(26)23-12-15-8-6-14(2)7-9-15/h6-9,13H,3-5,10-12H2,1-2H3,(H,22,27)(H,23,26). The lowest BCUT2D eigenvalue weighted by molar-refractivity contribution is -0.121. The quantitative estimate of drug-likeness (QED) is 0.347. The zero-order valence-corrected chi connectivity index (χ0v) is 17.7. The number of aromatic nitrogens is 2. The third kappa shape index (κ3) is 7.48. The molecule has 2 rings (SSSR count). The smallest absolute Gasteiger partial charge is 0.271 e. The number of carbonyl (C=O) groups is 2. The zero-order chi connectivity index (χ0) is 20.4. The van der Waals surface area contributed by atoms with Gasteiger partial charge in [0.1, 0.15) is 0 Å². The maximum Gasteiger partial charge on any atom is 0.271 e. The number of hydrogen-bond donors (Lipinski definition) is 2. The van der Waals surface area contributed by atoms with Gasteiger partial charge in [0.15, 0.2) is 10.9 Å². The molecule has 0 radical (unpaired) electrons. The molecule has 0 atom stereocenters. The number of carbonyl (C=O) groups excluding carboxylic acids is 2. The van der Waals surface area contributed by atoms with Crippen molar-refractivity contribution in [1.82, 2.24) is 20.6 Å². The van der Waals surface area contributed by atoms with E-state index in [9.17, 15) is 9.59 Å². The second kappa shape index (κ2) is 11.7. The summed E-state index contributed by atoms with van der Waals surface area (Å²) in [4.78, 5) is 32.5. The van der Waals surface area contributed by atoms with Crippen molar-refractivity contribution in [2.24, 2.45) is 0 Å². The van der Waals surface area contributed by atoms with Crippen LogP contribution in [-0.2, 0) is 11.3 Å². The highest BCUT2D eigenvalue weighted by Crippen LogP contribution is 2.18. The zero-order valence-electron chi connectivity index (χ0n) is 16.1. The van der Waals surface area contributed by atoms with Gasteiger partial charge in [0.2, 0.25) is 5.91 Å². The van der Waals surface area contributed by atoms with Gasteiger partial charge in [0, 0.05) is 25.3 Å². The average Bonchev–Trinajstić information content (AvgIpc) is 2.70. The minimum Gasteiger partial charge on any atom is -0.352 e. The average molecular weight is 421 g/mol. The topological polar surface area (TPSA) is 84.0 Å². The van der Waals surface area contributed by atoms with E-state index < -0.39 is 0 Å². The second-order valence-corrected chi connectivity index (χ2v) is 7.79. The molecule has 0 saturated heterocycles. The number of nitrogens with one attached hydrogen (secondary N) is 2. The van der Waals surface area contributed by atoms with Crippen LogP contribution in [0.1, 0.15) is 47.8 Å². The number of halogens is 1. The van der Waals surface area contributed by atoms with Gasteiger partial charge in [-0.1, -0.05) is 60.1 Å². The molecule has 2 amide bonds. The maximum absolute atomic E-state index is 12.3. The van der Waals surface area contributed by atoms with Gasteiger partial charge >= 0.3 is 0 Å². The van der Waals surface area contributed by atoms with E-state index in [4.69, 9.17) is 11.6 Å². The molecule has 0 aliphatic carbocycles. The molecule has 1 aromatic heterocycles. The fourth-order valence-electron chi connectivity index (χ4n) is 2.30. The van der Waals surface area contributed by atoms with Crippen LogP contribution in [-0.4, -0.2) is 34.1 Å². The molecule has 0 bridgehead atoms. The predicted molar refractivity (Wildman–Crippen MR) is 113 cm³/mol. The molecule has 8 heteroatoms. The molecular weight excluding hydrogens is 396 g/mol. The van der Waals surface area contributed by atoms with Crippen LogP contribution in [0.4, 0.5) is 0 Å². The largest absolute Gasteiger partial charge is 0.352 e. The number of amides is 2. The van der Waals surface area contributed by atoms with Gasteiger partial charge in [0.05, 0.1) is 11.2 Å². The van der Waals surface area contributed by atoms with Crippen molar-refractivity contribution in [3.05, 3.63) is 52.3 Å². The molecule has 1 aromatic carbocycles. The van der Waals surface area contributed by atoms with E-state index in [1.165, 1.54) is 23.5 Å². The Kier molecular flexibility index (Phi) is 9.23. The number of hydrogen-bond acceptors (Lipinski definition) is 5. The molecule has 28 heavy (non-hydrogen) atoms. The summed E-state index contributed by atoms with van der Waals surface area (Å²) in [7, 11) is 0. The molecule has 2 aromatic rings. The minimum absolute atomic E-state index is 0.0480. The molecule has 6 nitrogen and oxygen atoms in total. The Morgan fingerprint density at radius 2 is 1.93 bits per heavy atom. The van der Waals surface area contributed by atoms with E-state index in [0.29, 0.717) is 31.1 Å². The maximum atomic E-state index is 12.3. The van der Waals surface area contributed by atoms with Crippen LogP contribution < -0.4 is 10.6 Å². The Balaban J connectivity index is 1.71. The summed E-state index contributed by atoms with van der Waals surface area (Å²) in [6, 6.07) is 8.02. The van der Waals surface area contributed by atoms with E-state index >= 15 is 0 Å². The van der Waals surface area contributed by atoms with Gasteiger partial charge in [-0.15, -0.1) is 0 Å². The Bertz CT molecular complexity index is 799. The molecule has 0 aliphatic heterocycles. The lowest BCUT2D eigenvalue weighted by Gasteiger charge is -2.08. The molecule has 0 saturated carbocycles. The van der Waals surface area contributed by atoms with Gasteiger partial charge < -0.3 is 10.6 Å². The summed E-state index contributed by atoms with van der Waals surface area (Å²) >= 11 is 7.52. The first kappa shape index (κ1) is 22.2. The van der Waals surface area contributed by atoms with Gasteiger partial charge in [-0.25, -0.2) is 9.97 Å². The van der Waals surface area contributed by atoms with Crippen molar-refractivity contribution >= 4 is 35.2 Å². The molecule has 1 heterocycles. The number of thioether (sulfide) groups is 1. The van der Waals surface area contributed by atoms with E-state index in [1.54, 1.807) is 0 Å². The van der Waals surface area contributed by atoms with Crippen molar-refractivity contribution in [2.75, 3.05) is 12.3 Å². The van der Waals surface area contributed by atoms with Crippen molar-refractivity contribution in [3.63, 3.8) is 0 Å². The summed E-state index contributed by atoms with van der Waals surface area (Å²) in [5, 5.41) is 6.38. The third-order valence-electron chi connectivity index (χ3n) is 3.85. The van der Waals surface area contributed by atoms with Crippen LogP contribution in [0.3, 0.4) is 0 Å². The second-order valence-electron chi connectivity index (χ2n) is 6.32. The minimum atomic E-state index is -0.356. The van der Waals surface area contributed by atoms with E-state index in [2.05, 4.69) is 27.5 Å². The lowest BCUT2D eigenvalue weighted by Crippen LogP contribution is -2.28. The van der Waals surface area contributed by atoms with Gasteiger partial charge in [0.25, 0.3) is 5.91 Å². The van der Waals surface area contributed by atoms with Crippen LogP contribution in [0.25, 0.3) is 0 Å². The fourth-order valence-corrected chi connectivity index (χ4v) is 3.15. The molecule has 2 N–H and O–H groups in total. The first-order valence-corrected chi connectivity index (χ1v) is 10.6. The predicted octanol–water partition coefficient (Wildman–Crippen LogP) is 3.77. The number of aryl methyl sites for hydroxylation is 1. The highest BCUT2D eigenvalue weighted by atomic mass is 35.5. The van der Waals surface area contributed by atoms with Crippen LogP contribution in [0.15, 0.2) is 35.6 Å². The molecule has 0 fully saturated rings. The Hall–Kier alpha value is -2.12. The van der Waals surface area contributed by atoms with Crippen molar-refractivity contribution < 1.29 is 9.59 Å². The van der Waals surface area contributed by atoms with E-state index in [1.807, 2.05) is 31.2 Å². The highest BCUT2D eigenvalue weighted by molar-refractivity contribution is 7.99. The summed E-state index contributed by atoms with van der Waals surface area (Å²) in [5.74, 6) is 0.472. The van der Waals surface area contributed by atoms with E-state index in [-0.39, 0.29) is 22.5 Å². The van der Waals surface area contributed by atoms with Crippen LogP contribution in [0.2, 0.25) is 5.02 Å². The summed E-state index contributed by atoms with van der Waals surface area (Å²) < 4.78 is 0. The summed E-state index contributed by atoms with van der Waals surface area (Å²) in [6.45, 7) is 4.96. The van der Waals surface area contributed by atoms with E-state index in [0.717, 1.165) is 17.7 Å². The normalized spacial score (nSPS) is 10.5. The monoisotopic (exact) mass is 420 g/mol. The number of nitrogens with zero attached hydrogens (tertiary/aromatic N) is 2. The molecule has 0 unspecified atom stereocenters. The summed E-state index contributed by atoms with van der Waals surface area (Å²) in [5.41, 5.74) is 2.41. The fraction of sp³-hybridized carbons (Fsp3) is 0.400. The van der Waals surface area contributed by atoms with Crippen LogP contribution >= 0.6 is 23.4 Å². The van der Waals surface area contributed by atoms with Crippen LogP contribution in [0.5, 0.6) is 0 Å². The molecule has 150 valence electrons. The van der Waals surface area contributed by atoms with Crippen molar-refractivity contribution in [2.45, 2.75) is 44.8 Å². The van der Waals surface area contributed by atoms with Gasteiger partial charge in [-0.05, 0) is 25.3 Å². The molecular formula is C20H25ClN4O2S. The van der Waals surface area contributed by atoms with Gasteiger partial charge in [-0.2, -0.15) is 0 Å². The highest BCUT2D eigenvalue weighted by Gasteiger charge is 2.14. The van der Waals surface area contributed by atoms with Crippen LogP contribution in [0, 0.1) is 6.92 Å². The van der Waals surface area contributed by atoms with Crippen molar-refractivity contribution in [3.8, 4) is 0 Å². The first-order valence-electron chi connectivity index (χ1n) is 9.25. The molecule has 0 aliphatic rings. The third-order valence-corrected chi connectivity index (χ3v) is 5.19. The Morgan fingerprint density at radius 3 is 2.64 bits per heavy atom. The SMILES string of the molecule is CCCSc1ncc(Cl)c(C(=O)NCCCC(=O)NCc2ccc(C)cc2)n1. The number of rotatable bonds is 10. The summed E-state index contributed by atoms with van der Waals surface area (Å²) in [6.07, 6.45) is 3.30. The lowest BCUT2D eigenvalue weighted by atomic mass is 10.1. The first-order chi connectivity index (χ1) is 13.5. The van der Waals surface area contributed by atoms with Gasteiger partial charge in [-0.3, -0.25) is 9.59 Å². The Labute approximate surface area is 174 Å². The molecule has 0 spiro atoms. The van der Waals surface area contributed by atoms with Crippen molar-refractivity contribution in [1.29, 1.82) is 0 Å². The Morgan fingerprint density at radius 1 is 1.18 bits per heavy atom.